The van der Waals surface area contributed by atoms with Gasteiger partial charge < -0.3 is 4.74 Å². The molecular weight excluding hydrogens is 436 g/mol. The van der Waals surface area contributed by atoms with E-state index in [4.69, 9.17) is 4.74 Å². The van der Waals surface area contributed by atoms with Crippen molar-refractivity contribution in [3.63, 3.8) is 0 Å². The van der Waals surface area contributed by atoms with E-state index >= 15 is 0 Å². The summed E-state index contributed by atoms with van der Waals surface area (Å²) >= 11 is 0. The zero-order chi connectivity index (χ0) is 23.8. The fraction of sp³-hybridized carbons (Fsp3) is 0.259. The molecule has 3 aromatic rings. The van der Waals surface area contributed by atoms with Gasteiger partial charge in [-0.15, -0.1) is 0 Å². The zero-order valence-electron chi connectivity index (χ0n) is 18.9. The van der Waals surface area contributed by atoms with Crippen molar-refractivity contribution < 1.29 is 22.7 Å². The molecule has 0 amide bonds. The lowest BCUT2D eigenvalue weighted by Gasteiger charge is -2.10. The number of hydrogen-bond acceptors (Lipinski definition) is 5. The third-order valence-corrected chi connectivity index (χ3v) is 7.26. The molecule has 6 heteroatoms. The van der Waals surface area contributed by atoms with Crippen LogP contribution in [-0.4, -0.2) is 32.8 Å². The van der Waals surface area contributed by atoms with Crippen molar-refractivity contribution >= 4 is 21.4 Å². The summed E-state index contributed by atoms with van der Waals surface area (Å²) in [5.41, 5.74) is 3.10. The molecule has 0 atom stereocenters. The van der Waals surface area contributed by atoms with Crippen LogP contribution < -0.4 is 4.74 Å². The highest BCUT2D eigenvalue weighted by Crippen LogP contribution is 2.21. The summed E-state index contributed by atoms with van der Waals surface area (Å²) in [6, 6.07) is 21.2. The van der Waals surface area contributed by atoms with Gasteiger partial charge in [-0.25, -0.2) is 8.42 Å². The first kappa shape index (κ1) is 24.4. The van der Waals surface area contributed by atoms with Gasteiger partial charge >= 0.3 is 0 Å². The number of Topliss-reactive ketones (excluding diaryl/α,β-unsaturated/α-hetero) is 2. The number of carbonyl (C=O) groups is 2. The normalized spacial score (nSPS) is 11.2. The lowest BCUT2D eigenvalue weighted by Crippen LogP contribution is -2.16. The Bertz CT molecular complexity index is 1210. The minimum Gasteiger partial charge on any atom is -0.497 e. The molecule has 0 aromatic heterocycles. The van der Waals surface area contributed by atoms with E-state index in [1.165, 1.54) is 12.1 Å². The van der Waals surface area contributed by atoms with Crippen molar-refractivity contribution in [1.82, 2.24) is 0 Å². The average molecular weight is 465 g/mol. The van der Waals surface area contributed by atoms with Gasteiger partial charge in [0.05, 0.1) is 17.8 Å². The molecule has 5 nitrogen and oxygen atoms in total. The van der Waals surface area contributed by atoms with Crippen LogP contribution in [0.3, 0.4) is 0 Å². The highest BCUT2D eigenvalue weighted by atomic mass is 32.2. The number of aryl methyl sites for hydroxylation is 2. The van der Waals surface area contributed by atoms with E-state index in [-0.39, 0.29) is 47.0 Å². The van der Waals surface area contributed by atoms with E-state index in [9.17, 15) is 18.0 Å². The molecular formula is C27H28O5S. The molecule has 0 saturated carbocycles. The Kier molecular flexibility index (Phi) is 8.17. The van der Waals surface area contributed by atoms with E-state index in [2.05, 4.69) is 0 Å². The number of hydrogen-bond donors (Lipinski definition) is 0. The predicted molar refractivity (Wildman–Crippen MR) is 129 cm³/mol. The molecule has 0 heterocycles. The zero-order valence-corrected chi connectivity index (χ0v) is 19.7. The monoisotopic (exact) mass is 464 g/mol. The first-order valence-corrected chi connectivity index (χ1v) is 12.5. The summed E-state index contributed by atoms with van der Waals surface area (Å²) in [6.45, 7) is 1.97. The number of ether oxygens (including phenoxy) is 1. The van der Waals surface area contributed by atoms with E-state index < -0.39 is 9.84 Å². The quantitative estimate of drug-likeness (QED) is 0.381. The van der Waals surface area contributed by atoms with Gasteiger partial charge in [-0.1, -0.05) is 60.2 Å². The fourth-order valence-corrected chi connectivity index (χ4v) is 5.05. The van der Waals surface area contributed by atoms with E-state index in [0.29, 0.717) is 6.42 Å². The van der Waals surface area contributed by atoms with Gasteiger partial charge in [-0.2, -0.15) is 0 Å². The van der Waals surface area contributed by atoms with Crippen LogP contribution in [0.5, 0.6) is 5.75 Å². The molecule has 3 rings (SSSR count). The van der Waals surface area contributed by atoms with Gasteiger partial charge in [0, 0.05) is 24.8 Å². The predicted octanol–water partition coefficient (Wildman–Crippen LogP) is 4.79. The van der Waals surface area contributed by atoms with Gasteiger partial charge in [0.1, 0.15) is 11.5 Å². The number of sulfone groups is 1. The molecule has 0 radical (unpaired) electrons. The SMILES string of the molecule is COc1ccc(CCC(=O)c2ccccc2S(=O)(=O)CCC(=O)Cc2ccc(C)cc2)cc1. The summed E-state index contributed by atoms with van der Waals surface area (Å²) in [6.07, 6.45) is 0.778. The first-order chi connectivity index (χ1) is 15.8. The van der Waals surface area contributed by atoms with Crippen molar-refractivity contribution in [3.05, 3.63) is 95.1 Å². The topological polar surface area (TPSA) is 77.5 Å². The second-order valence-corrected chi connectivity index (χ2v) is 10.1. The lowest BCUT2D eigenvalue weighted by atomic mass is 10.0. The Balaban J connectivity index is 1.64. The molecule has 0 bridgehead atoms. The van der Waals surface area contributed by atoms with Crippen molar-refractivity contribution in [2.45, 2.75) is 37.5 Å². The molecule has 0 saturated heterocycles. The summed E-state index contributed by atoms with van der Waals surface area (Å²) in [7, 11) is -2.19. The van der Waals surface area contributed by atoms with Crippen molar-refractivity contribution in [2.75, 3.05) is 12.9 Å². The number of methoxy groups -OCH3 is 1. The largest absolute Gasteiger partial charge is 0.497 e. The van der Waals surface area contributed by atoms with Gasteiger partial charge in [-0.05, 0) is 42.7 Å². The number of benzene rings is 3. The average Bonchev–Trinajstić information content (AvgIpc) is 2.83. The highest BCUT2D eigenvalue weighted by molar-refractivity contribution is 7.91. The standard InChI is InChI=1S/C27H28O5S/c1-20-7-9-22(10-8-20)19-23(28)17-18-33(30,31)27-6-4-3-5-25(27)26(29)16-13-21-11-14-24(32-2)15-12-21/h3-12,14-15H,13,16-19H2,1-2H3. The molecule has 0 unspecified atom stereocenters. The first-order valence-electron chi connectivity index (χ1n) is 10.8. The van der Waals surface area contributed by atoms with Crippen LogP contribution in [0, 0.1) is 6.92 Å². The second-order valence-electron chi connectivity index (χ2n) is 8.04. The summed E-state index contributed by atoms with van der Waals surface area (Å²) < 4.78 is 31.1. The summed E-state index contributed by atoms with van der Waals surface area (Å²) in [4.78, 5) is 25.2. The van der Waals surface area contributed by atoms with Gasteiger partial charge in [0.25, 0.3) is 0 Å². The minimum atomic E-state index is -3.78. The van der Waals surface area contributed by atoms with Crippen LogP contribution >= 0.6 is 0 Å². The lowest BCUT2D eigenvalue weighted by molar-refractivity contribution is -0.118. The summed E-state index contributed by atoms with van der Waals surface area (Å²) in [5.74, 6) is 0.0284. The molecule has 0 aliphatic rings. The van der Waals surface area contributed by atoms with Gasteiger partial charge in [-0.3, -0.25) is 9.59 Å². The molecule has 0 N–H and O–H groups in total. The third kappa shape index (κ3) is 6.86. The van der Waals surface area contributed by atoms with Crippen molar-refractivity contribution in [3.8, 4) is 5.75 Å². The van der Waals surface area contributed by atoms with E-state index in [1.54, 1.807) is 19.2 Å². The van der Waals surface area contributed by atoms with Crippen LogP contribution in [0.25, 0.3) is 0 Å². The Labute approximate surface area is 195 Å². The number of ketones is 2. The Morgan fingerprint density at radius 2 is 1.45 bits per heavy atom. The maximum absolute atomic E-state index is 13.0. The van der Waals surface area contributed by atoms with Crippen LogP contribution in [0.4, 0.5) is 0 Å². The highest BCUT2D eigenvalue weighted by Gasteiger charge is 2.23. The maximum Gasteiger partial charge on any atom is 0.179 e. The van der Waals surface area contributed by atoms with Gasteiger partial charge in [0.15, 0.2) is 15.6 Å². The Morgan fingerprint density at radius 3 is 2.12 bits per heavy atom. The number of carbonyl (C=O) groups excluding carboxylic acids is 2. The molecule has 0 aliphatic heterocycles. The van der Waals surface area contributed by atoms with Crippen LogP contribution in [0.1, 0.15) is 39.9 Å². The molecule has 0 fully saturated rings. The second kappa shape index (κ2) is 11.1. The van der Waals surface area contributed by atoms with Crippen LogP contribution in [0.15, 0.2) is 77.7 Å². The maximum atomic E-state index is 13.0. The van der Waals surface area contributed by atoms with E-state index in [0.717, 1.165) is 22.4 Å². The Morgan fingerprint density at radius 1 is 0.818 bits per heavy atom. The molecule has 3 aromatic carbocycles. The van der Waals surface area contributed by atoms with E-state index in [1.807, 2.05) is 55.5 Å². The molecule has 172 valence electrons. The van der Waals surface area contributed by atoms with Gasteiger partial charge in [0.2, 0.25) is 0 Å². The molecule has 0 aliphatic carbocycles. The molecule has 33 heavy (non-hydrogen) atoms. The van der Waals surface area contributed by atoms with Crippen molar-refractivity contribution in [1.29, 1.82) is 0 Å². The fourth-order valence-electron chi connectivity index (χ4n) is 3.53. The Hall–Kier alpha value is -3.25. The van der Waals surface area contributed by atoms with Crippen LogP contribution in [-0.2, 0) is 27.5 Å². The minimum absolute atomic E-state index is 0.00660. The smallest absolute Gasteiger partial charge is 0.179 e. The summed E-state index contributed by atoms with van der Waals surface area (Å²) in [5, 5.41) is 0. The molecule has 0 spiro atoms. The third-order valence-electron chi connectivity index (χ3n) is 5.49. The van der Waals surface area contributed by atoms with Crippen LogP contribution in [0.2, 0.25) is 0 Å². The van der Waals surface area contributed by atoms with Crippen molar-refractivity contribution in [2.24, 2.45) is 0 Å². The number of rotatable bonds is 11.